The molecular weight excluding hydrogens is 338 g/mol. The smallest absolute Gasteiger partial charge is 0.253 e. The summed E-state index contributed by atoms with van der Waals surface area (Å²) in [6.07, 6.45) is 9.24. The number of aromatic nitrogens is 4. The van der Waals surface area contributed by atoms with Crippen LogP contribution in [0.15, 0.2) is 67.5 Å². The summed E-state index contributed by atoms with van der Waals surface area (Å²) in [7, 11) is 0. The Morgan fingerprint density at radius 2 is 2.00 bits per heavy atom. The second-order valence-corrected chi connectivity index (χ2v) is 6.74. The van der Waals surface area contributed by atoms with Crippen molar-refractivity contribution in [2.24, 2.45) is 0 Å². The maximum absolute atomic E-state index is 12.8. The quantitative estimate of drug-likeness (QED) is 0.591. The average Bonchev–Trinajstić information content (AvgIpc) is 3.32. The van der Waals surface area contributed by atoms with Crippen LogP contribution in [0.2, 0.25) is 0 Å². The molecule has 0 bridgehead atoms. The lowest BCUT2D eigenvalue weighted by Crippen LogP contribution is -2.22. The molecule has 0 saturated heterocycles. The Bertz CT molecular complexity index is 1080. The summed E-state index contributed by atoms with van der Waals surface area (Å²) in [4.78, 5) is 21.3. The predicted molar refractivity (Wildman–Crippen MR) is 104 cm³/mol. The number of amides is 1. The summed E-state index contributed by atoms with van der Waals surface area (Å²) in [6, 6.07) is 11.9. The third-order valence-electron chi connectivity index (χ3n) is 4.58. The van der Waals surface area contributed by atoms with Crippen molar-refractivity contribution < 1.29 is 4.79 Å². The number of nitrogens with one attached hydrogen (secondary N) is 1. The Morgan fingerprint density at radius 1 is 1.19 bits per heavy atom. The first-order chi connectivity index (χ1) is 13.1. The number of imidazole rings is 1. The zero-order valence-corrected chi connectivity index (χ0v) is 15.3. The standard InChI is InChI=1S/C21H21N5O/c1-15(2)25-13-18(24-14-25)20-11-17(19-5-3-4-10-26(19)20)21(27)23-12-16-6-8-22-9-7-16/h3-11,13-15H,12H2,1-2H3,(H,23,27). The molecule has 4 aromatic heterocycles. The van der Waals surface area contributed by atoms with Crippen LogP contribution < -0.4 is 5.32 Å². The number of hydrogen-bond donors (Lipinski definition) is 1. The van der Waals surface area contributed by atoms with E-state index < -0.39 is 0 Å². The van der Waals surface area contributed by atoms with E-state index in [-0.39, 0.29) is 5.91 Å². The van der Waals surface area contributed by atoms with Crippen LogP contribution in [0, 0.1) is 0 Å². The van der Waals surface area contributed by atoms with Crippen molar-refractivity contribution in [1.29, 1.82) is 0 Å². The van der Waals surface area contributed by atoms with E-state index in [1.165, 1.54) is 0 Å². The fraction of sp³-hybridized carbons (Fsp3) is 0.190. The van der Waals surface area contributed by atoms with Crippen molar-refractivity contribution in [3.63, 3.8) is 0 Å². The van der Waals surface area contributed by atoms with E-state index in [0.717, 1.165) is 22.5 Å². The van der Waals surface area contributed by atoms with Gasteiger partial charge >= 0.3 is 0 Å². The molecule has 27 heavy (non-hydrogen) atoms. The van der Waals surface area contributed by atoms with Gasteiger partial charge in [-0.25, -0.2) is 4.98 Å². The van der Waals surface area contributed by atoms with Gasteiger partial charge in [0.15, 0.2) is 0 Å². The summed E-state index contributed by atoms with van der Waals surface area (Å²) in [5, 5.41) is 2.99. The zero-order valence-electron chi connectivity index (χ0n) is 15.3. The van der Waals surface area contributed by atoms with Gasteiger partial charge in [-0.05, 0) is 49.7 Å². The minimum Gasteiger partial charge on any atom is -0.348 e. The molecule has 0 spiro atoms. The van der Waals surface area contributed by atoms with Gasteiger partial charge in [0.05, 0.1) is 23.1 Å². The van der Waals surface area contributed by atoms with E-state index in [1.54, 1.807) is 12.4 Å². The van der Waals surface area contributed by atoms with E-state index in [4.69, 9.17) is 0 Å². The maximum atomic E-state index is 12.8. The third-order valence-corrected chi connectivity index (χ3v) is 4.58. The third kappa shape index (κ3) is 3.33. The van der Waals surface area contributed by atoms with Crippen molar-refractivity contribution >= 4 is 11.4 Å². The average molecular weight is 359 g/mol. The molecule has 1 amide bonds. The molecule has 0 atom stereocenters. The largest absolute Gasteiger partial charge is 0.348 e. The van der Waals surface area contributed by atoms with E-state index in [1.807, 2.05) is 59.5 Å². The van der Waals surface area contributed by atoms with Gasteiger partial charge in [-0.15, -0.1) is 0 Å². The van der Waals surface area contributed by atoms with Gasteiger partial charge in [0, 0.05) is 37.4 Å². The fourth-order valence-corrected chi connectivity index (χ4v) is 3.06. The summed E-state index contributed by atoms with van der Waals surface area (Å²) in [5.74, 6) is -0.106. The second-order valence-electron chi connectivity index (χ2n) is 6.74. The van der Waals surface area contributed by atoms with Crippen molar-refractivity contribution in [1.82, 2.24) is 24.3 Å². The van der Waals surface area contributed by atoms with E-state index in [2.05, 4.69) is 33.7 Å². The van der Waals surface area contributed by atoms with E-state index >= 15 is 0 Å². The molecule has 0 aliphatic heterocycles. The number of carbonyl (C=O) groups excluding carboxylic acids is 1. The molecule has 0 radical (unpaired) electrons. The van der Waals surface area contributed by atoms with Gasteiger partial charge in [-0.3, -0.25) is 9.78 Å². The normalized spacial score (nSPS) is 11.2. The molecule has 0 fully saturated rings. The highest BCUT2D eigenvalue weighted by Gasteiger charge is 2.17. The molecule has 0 unspecified atom stereocenters. The zero-order chi connectivity index (χ0) is 18.8. The van der Waals surface area contributed by atoms with Crippen LogP contribution >= 0.6 is 0 Å². The summed E-state index contributed by atoms with van der Waals surface area (Å²) >= 11 is 0. The lowest BCUT2D eigenvalue weighted by Gasteiger charge is -2.04. The number of fused-ring (bicyclic) bond motifs is 1. The van der Waals surface area contributed by atoms with Crippen LogP contribution in [0.25, 0.3) is 16.9 Å². The Hall–Kier alpha value is -3.41. The molecule has 0 saturated carbocycles. The molecule has 4 rings (SSSR count). The van der Waals surface area contributed by atoms with Gasteiger partial charge in [0.2, 0.25) is 0 Å². The van der Waals surface area contributed by atoms with Crippen LogP contribution in [-0.4, -0.2) is 24.8 Å². The van der Waals surface area contributed by atoms with Crippen LogP contribution in [0.5, 0.6) is 0 Å². The van der Waals surface area contributed by atoms with Crippen molar-refractivity contribution in [3.8, 4) is 11.4 Å². The minimum atomic E-state index is -0.106. The number of pyridine rings is 2. The predicted octanol–water partition coefficient (Wildman–Crippen LogP) is 3.71. The van der Waals surface area contributed by atoms with Crippen LogP contribution in [0.1, 0.15) is 35.8 Å². The SMILES string of the molecule is CC(C)n1cnc(-c2cc(C(=O)NCc3ccncc3)c3ccccn23)c1. The first kappa shape index (κ1) is 17.0. The van der Waals surface area contributed by atoms with Gasteiger partial charge < -0.3 is 14.3 Å². The van der Waals surface area contributed by atoms with Crippen LogP contribution in [0.4, 0.5) is 0 Å². The van der Waals surface area contributed by atoms with Crippen LogP contribution in [0.3, 0.4) is 0 Å². The minimum absolute atomic E-state index is 0.106. The molecule has 0 aliphatic rings. The molecule has 4 aromatic rings. The number of rotatable bonds is 5. The summed E-state index contributed by atoms with van der Waals surface area (Å²) < 4.78 is 4.06. The first-order valence-electron chi connectivity index (χ1n) is 8.94. The molecule has 0 aromatic carbocycles. The lowest BCUT2D eigenvalue weighted by atomic mass is 10.2. The van der Waals surface area contributed by atoms with Gasteiger partial charge in [0.1, 0.15) is 5.69 Å². The van der Waals surface area contributed by atoms with Gasteiger partial charge in [-0.1, -0.05) is 6.07 Å². The molecule has 6 nitrogen and oxygen atoms in total. The monoisotopic (exact) mass is 359 g/mol. The summed E-state index contributed by atoms with van der Waals surface area (Å²) in [5.41, 5.74) is 4.26. The molecule has 4 heterocycles. The van der Waals surface area contributed by atoms with E-state index in [0.29, 0.717) is 18.2 Å². The first-order valence-corrected chi connectivity index (χ1v) is 8.94. The maximum Gasteiger partial charge on any atom is 0.253 e. The topological polar surface area (TPSA) is 64.2 Å². The number of carbonyl (C=O) groups is 1. The van der Waals surface area contributed by atoms with Gasteiger partial charge in [-0.2, -0.15) is 0 Å². The Morgan fingerprint density at radius 3 is 2.74 bits per heavy atom. The summed E-state index contributed by atoms with van der Waals surface area (Å²) in [6.45, 7) is 4.68. The Balaban J connectivity index is 1.68. The highest BCUT2D eigenvalue weighted by Crippen LogP contribution is 2.26. The second kappa shape index (κ2) is 7.07. The number of nitrogens with zero attached hydrogens (tertiary/aromatic N) is 4. The lowest BCUT2D eigenvalue weighted by molar-refractivity contribution is 0.0952. The molecule has 1 N–H and O–H groups in total. The van der Waals surface area contributed by atoms with Gasteiger partial charge in [0.25, 0.3) is 5.91 Å². The molecular formula is C21H21N5O. The Kier molecular flexibility index (Phi) is 4.46. The Labute approximate surface area is 157 Å². The fourth-order valence-electron chi connectivity index (χ4n) is 3.06. The van der Waals surface area contributed by atoms with Crippen molar-refractivity contribution in [2.75, 3.05) is 0 Å². The highest BCUT2D eigenvalue weighted by atomic mass is 16.1. The number of hydrogen-bond acceptors (Lipinski definition) is 3. The molecule has 0 aliphatic carbocycles. The van der Waals surface area contributed by atoms with Crippen LogP contribution in [-0.2, 0) is 6.54 Å². The molecule has 136 valence electrons. The van der Waals surface area contributed by atoms with Crippen molar-refractivity contribution in [2.45, 2.75) is 26.4 Å². The van der Waals surface area contributed by atoms with E-state index in [9.17, 15) is 4.79 Å². The van der Waals surface area contributed by atoms with Crippen molar-refractivity contribution in [3.05, 3.63) is 78.6 Å². The molecule has 6 heteroatoms. The highest BCUT2D eigenvalue weighted by molar-refractivity contribution is 6.02.